The highest BCUT2D eigenvalue weighted by Crippen LogP contribution is 2.22. The van der Waals surface area contributed by atoms with Crippen molar-refractivity contribution in [3.05, 3.63) is 36.1 Å². The van der Waals surface area contributed by atoms with Crippen molar-refractivity contribution in [3.63, 3.8) is 0 Å². The van der Waals surface area contributed by atoms with Crippen LogP contribution in [0.5, 0.6) is 0 Å². The summed E-state index contributed by atoms with van der Waals surface area (Å²) in [5, 5.41) is 0.925. The third kappa shape index (κ3) is 2.91. The van der Waals surface area contributed by atoms with Crippen LogP contribution >= 0.6 is 11.8 Å². The van der Waals surface area contributed by atoms with Gasteiger partial charge in [-0.2, -0.15) is 11.8 Å². The van der Waals surface area contributed by atoms with Gasteiger partial charge >= 0.3 is 0 Å². The number of rotatable bonds is 6. The molecule has 17 heavy (non-hydrogen) atoms. The SMILES string of the molecule is CCCCSCC(=O)c1coc2ccccc12. The Morgan fingerprint density at radius 1 is 1.35 bits per heavy atom. The molecule has 0 aliphatic carbocycles. The van der Waals surface area contributed by atoms with Gasteiger partial charge in [0.25, 0.3) is 0 Å². The summed E-state index contributed by atoms with van der Waals surface area (Å²) in [4.78, 5) is 12.0. The minimum atomic E-state index is 0.163. The van der Waals surface area contributed by atoms with Crippen molar-refractivity contribution in [3.8, 4) is 0 Å². The standard InChI is InChI=1S/C14H16O2S/c1-2-3-8-17-10-13(15)12-9-16-14-7-5-4-6-11(12)14/h4-7,9H,2-3,8,10H2,1H3. The first-order valence-corrected chi connectivity index (χ1v) is 7.05. The number of hydrogen-bond donors (Lipinski definition) is 0. The van der Waals surface area contributed by atoms with Crippen molar-refractivity contribution < 1.29 is 9.21 Å². The summed E-state index contributed by atoms with van der Waals surface area (Å²) in [6.07, 6.45) is 3.92. The smallest absolute Gasteiger partial charge is 0.176 e. The molecule has 0 saturated heterocycles. The second-order valence-corrected chi connectivity index (χ2v) is 5.08. The molecule has 90 valence electrons. The summed E-state index contributed by atoms with van der Waals surface area (Å²) in [5.74, 6) is 1.76. The minimum absolute atomic E-state index is 0.163. The van der Waals surface area contributed by atoms with Crippen LogP contribution in [0, 0.1) is 0 Å². The van der Waals surface area contributed by atoms with Gasteiger partial charge < -0.3 is 4.42 Å². The van der Waals surface area contributed by atoms with Gasteiger partial charge in [0.05, 0.1) is 11.3 Å². The summed E-state index contributed by atoms with van der Waals surface area (Å²) in [6, 6.07) is 7.66. The van der Waals surface area contributed by atoms with E-state index in [1.807, 2.05) is 24.3 Å². The van der Waals surface area contributed by atoms with E-state index in [-0.39, 0.29) is 5.78 Å². The van der Waals surface area contributed by atoms with Crippen LogP contribution < -0.4 is 0 Å². The molecule has 0 aliphatic heterocycles. The number of furan rings is 1. The van der Waals surface area contributed by atoms with E-state index in [1.165, 1.54) is 12.8 Å². The van der Waals surface area contributed by atoms with E-state index in [4.69, 9.17) is 4.42 Å². The molecule has 2 aromatic rings. The molecule has 0 saturated carbocycles. The fraction of sp³-hybridized carbons (Fsp3) is 0.357. The molecule has 0 radical (unpaired) electrons. The molecule has 1 aromatic carbocycles. The molecule has 0 aliphatic rings. The maximum absolute atomic E-state index is 12.0. The van der Waals surface area contributed by atoms with Crippen molar-refractivity contribution >= 4 is 28.5 Å². The van der Waals surface area contributed by atoms with Crippen molar-refractivity contribution in [1.82, 2.24) is 0 Å². The number of para-hydroxylation sites is 1. The highest BCUT2D eigenvalue weighted by molar-refractivity contribution is 7.99. The van der Waals surface area contributed by atoms with Crippen LogP contribution in [0.25, 0.3) is 11.0 Å². The lowest BCUT2D eigenvalue weighted by atomic mass is 10.1. The van der Waals surface area contributed by atoms with Gasteiger partial charge in [-0.05, 0) is 18.2 Å². The maximum Gasteiger partial charge on any atom is 0.176 e. The highest BCUT2D eigenvalue weighted by Gasteiger charge is 2.12. The van der Waals surface area contributed by atoms with Crippen molar-refractivity contribution in [2.45, 2.75) is 19.8 Å². The first-order valence-electron chi connectivity index (χ1n) is 5.90. The zero-order valence-corrected chi connectivity index (χ0v) is 10.8. The Hall–Kier alpha value is -1.22. The Bertz CT molecular complexity index is 502. The molecule has 0 fully saturated rings. The van der Waals surface area contributed by atoms with Crippen LogP contribution in [0.2, 0.25) is 0 Å². The first kappa shape index (κ1) is 12.2. The van der Waals surface area contributed by atoms with Gasteiger partial charge in [-0.25, -0.2) is 0 Å². The van der Waals surface area contributed by atoms with E-state index in [2.05, 4.69) is 6.92 Å². The summed E-state index contributed by atoms with van der Waals surface area (Å²) in [6.45, 7) is 2.16. The van der Waals surface area contributed by atoms with Gasteiger partial charge in [0, 0.05) is 5.39 Å². The van der Waals surface area contributed by atoms with Crippen molar-refractivity contribution in [2.75, 3.05) is 11.5 Å². The fourth-order valence-electron chi connectivity index (χ4n) is 1.68. The van der Waals surface area contributed by atoms with E-state index >= 15 is 0 Å². The van der Waals surface area contributed by atoms with Crippen molar-refractivity contribution in [2.24, 2.45) is 0 Å². The zero-order chi connectivity index (χ0) is 12.1. The number of fused-ring (bicyclic) bond motifs is 1. The Morgan fingerprint density at radius 2 is 2.18 bits per heavy atom. The molecule has 1 aromatic heterocycles. The maximum atomic E-state index is 12.0. The average Bonchev–Trinajstić information content (AvgIpc) is 2.78. The van der Waals surface area contributed by atoms with Crippen LogP contribution in [-0.4, -0.2) is 17.3 Å². The second kappa shape index (κ2) is 5.92. The van der Waals surface area contributed by atoms with Gasteiger partial charge in [0.1, 0.15) is 11.8 Å². The third-order valence-electron chi connectivity index (χ3n) is 2.66. The fourth-order valence-corrected chi connectivity index (χ4v) is 2.66. The zero-order valence-electron chi connectivity index (χ0n) is 9.94. The number of hydrogen-bond acceptors (Lipinski definition) is 3. The molecule has 2 rings (SSSR count). The van der Waals surface area contributed by atoms with E-state index in [0.717, 1.165) is 16.7 Å². The van der Waals surface area contributed by atoms with Crippen LogP contribution in [-0.2, 0) is 0 Å². The number of benzene rings is 1. The van der Waals surface area contributed by atoms with Crippen LogP contribution in [0.4, 0.5) is 0 Å². The number of unbranched alkanes of at least 4 members (excludes halogenated alkanes) is 1. The molecule has 0 bridgehead atoms. The number of carbonyl (C=O) groups excluding carboxylic acids is 1. The summed E-state index contributed by atoms with van der Waals surface area (Å²) < 4.78 is 5.37. The predicted molar refractivity (Wildman–Crippen MR) is 72.8 cm³/mol. The van der Waals surface area contributed by atoms with Crippen molar-refractivity contribution in [1.29, 1.82) is 0 Å². The molecule has 1 heterocycles. The molecule has 0 amide bonds. The Kier molecular flexibility index (Phi) is 4.26. The topological polar surface area (TPSA) is 30.2 Å². The molecular weight excluding hydrogens is 232 g/mol. The Labute approximate surface area is 105 Å². The summed E-state index contributed by atoms with van der Waals surface area (Å²) in [5.41, 5.74) is 1.50. The number of thioether (sulfide) groups is 1. The lowest BCUT2D eigenvalue weighted by Gasteiger charge is -1.98. The molecule has 0 unspecified atom stereocenters. The normalized spacial score (nSPS) is 10.9. The molecule has 2 nitrogen and oxygen atoms in total. The first-order chi connectivity index (χ1) is 8.33. The highest BCUT2D eigenvalue weighted by atomic mass is 32.2. The summed E-state index contributed by atoms with van der Waals surface area (Å²) >= 11 is 1.70. The van der Waals surface area contributed by atoms with E-state index in [0.29, 0.717) is 11.3 Å². The molecule has 0 atom stereocenters. The second-order valence-electron chi connectivity index (χ2n) is 3.97. The van der Waals surface area contributed by atoms with E-state index < -0.39 is 0 Å². The quantitative estimate of drug-likeness (QED) is 0.568. The Balaban J connectivity index is 2.04. The van der Waals surface area contributed by atoms with E-state index in [1.54, 1.807) is 18.0 Å². The van der Waals surface area contributed by atoms with Gasteiger partial charge in [0.15, 0.2) is 5.78 Å². The van der Waals surface area contributed by atoms with Gasteiger partial charge in [-0.1, -0.05) is 31.5 Å². The lowest BCUT2D eigenvalue weighted by Crippen LogP contribution is -2.01. The number of carbonyl (C=O) groups is 1. The molecule has 0 N–H and O–H groups in total. The average molecular weight is 248 g/mol. The van der Waals surface area contributed by atoms with Crippen LogP contribution in [0.15, 0.2) is 34.9 Å². The predicted octanol–water partition coefficient (Wildman–Crippen LogP) is 4.15. The van der Waals surface area contributed by atoms with Gasteiger partial charge in [0.2, 0.25) is 0 Å². The van der Waals surface area contributed by atoms with Crippen LogP contribution in [0.3, 0.4) is 0 Å². The van der Waals surface area contributed by atoms with E-state index in [9.17, 15) is 4.79 Å². The summed E-state index contributed by atoms with van der Waals surface area (Å²) in [7, 11) is 0. The molecule has 3 heteroatoms. The van der Waals surface area contributed by atoms with Crippen LogP contribution in [0.1, 0.15) is 30.1 Å². The monoisotopic (exact) mass is 248 g/mol. The lowest BCUT2D eigenvalue weighted by molar-refractivity contribution is 0.102. The largest absolute Gasteiger partial charge is 0.464 e. The number of Topliss-reactive ketones (excluding diaryl/α,β-unsaturated/α-hetero) is 1. The Morgan fingerprint density at radius 3 is 3.00 bits per heavy atom. The van der Waals surface area contributed by atoms with Gasteiger partial charge in [-0.3, -0.25) is 4.79 Å². The third-order valence-corrected chi connectivity index (χ3v) is 3.70. The minimum Gasteiger partial charge on any atom is -0.464 e. The molecule has 0 spiro atoms. The number of ketones is 1. The molecular formula is C14H16O2S. The van der Waals surface area contributed by atoms with Gasteiger partial charge in [-0.15, -0.1) is 0 Å².